The van der Waals surface area contributed by atoms with Gasteiger partial charge in [-0.25, -0.2) is 0 Å². The first-order valence-electron chi connectivity index (χ1n) is 7.32. The standard InChI is InChI=1S/C16H22F3NO3/c1-9(2)14(23-15(21)10(3)20)11(4)22-13-7-5-12(6-8-13)16(17,18)19/h5-11,14H,20H2,1-4H3/t10-,11-,14?/m0/s1. The van der Waals surface area contributed by atoms with Gasteiger partial charge in [-0.2, -0.15) is 13.2 Å². The number of nitrogens with two attached hydrogens (primary N) is 1. The van der Waals surface area contributed by atoms with Crippen LogP contribution in [-0.4, -0.2) is 24.2 Å². The van der Waals surface area contributed by atoms with E-state index in [-0.39, 0.29) is 11.7 Å². The molecule has 0 amide bonds. The van der Waals surface area contributed by atoms with Gasteiger partial charge in [0.25, 0.3) is 0 Å². The lowest BCUT2D eigenvalue weighted by Crippen LogP contribution is -2.41. The second-order valence-corrected chi connectivity index (χ2v) is 5.78. The summed E-state index contributed by atoms with van der Waals surface area (Å²) < 4.78 is 48.5. The molecule has 7 heteroatoms. The lowest BCUT2D eigenvalue weighted by molar-refractivity contribution is -0.157. The van der Waals surface area contributed by atoms with Crippen LogP contribution in [0.3, 0.4) is 0 Å². The third-order valence-electron chi connectivity index (χ3n) is 3.25. The van der Waals surface area contributed by atoms with Crippen molar-refractivity contribution in [3.63, 3.8) is 0 Å². The smallest absolute Gasteiger partial charge is 0.416 e. The molecule has 1 aromatic rings. The fourth-order valence-electron chi connectivity index (χ4n) is 2.02. The van der Waals surface area contributed by atoms with Crippen LogP contribution >= 0.6 is 0 Å². The molecule has 0 saturated heterocycles. The number of ether oxygens (including phenoxy) is 2. The molecule has 3 atom stereocenters. The number of esters is 1. The molecule has 1 aromatic carbocycles. The van der Waals surface area contributed by atoms with Gasteiger partial charge in [0.05, 0.1) is 5.56 Å². The number of halogens is 3. The van der Waals surface area contributed by atoms with Crippen molar-refractivity contribution in [1.29, 1.82) is 0 Å². The van der Waals surface area contributed by atoms with Gasteiger partial charge in [0, 0.05) is 0 Å². The van der Waals surface area contributed by atoms with Gasteiger partial charge < -0.3 is 15.2 Å². The quantitative estimate of drug-likeness (QED) is 0.811. The van der Waals surface area contributed by atoms with E-state index in [1.165, 1.54) is 19.1 Å². The van der Waals surface area contributed by atoms with E-state index in [2.05, 4.69) is 0 Å². The van der Waals surface area contributed by atoms with E-state index in [0.29, 0.717) is 0 Å². The predicted octanol–water partition coefficient (Wildman–Crippen LogP) is 3.39. The first-order valence-corrected chi connectivity index (χ1v) is 7.32. The number of hydrogen-bond acceptors (Lipinski definition) is 4. The minimum atomic E-state index is -4.39. The fourth-order valence-corrected chi connectivity index (χ4v) is 2.02. The highest BCUT2D eigenvalue weighted by Gasteiger charge is 2.31. The zero-order chi connectivity index (χ0) is 17.8. The van der Waals surface area contributed by atoms with Gasteiger partial charge in [0.15, 0.2) is 0 Å². The zero-order valence-corrected chi connectivity index (χ0v) is 13.6. The van der Waals surface area contributed by atoms with Crippen LogP contribution in [0.4, 0.5) is 13.2 Å². The Morgan fingerprint density at radius 1 is 1.09 bits per heavy atom. The minimum absolute atomic E-state index is 0.0397. The molecule has 0 saturated carbocycles. The second-order valence-electron chi connectivity index (χ2n) is 5.78. The highest BCUT2D eigenvalue weighted by molar-refractivity contribution is 5.75. The Morgan fingerprint density at radius 2 is 1.61 bits per heavy atom. The summed E-state index contributed by atoms with van der Waals surface area (Å²) in [4.78, 5) is 11.6. The third kappa shape index (κ3) is 5.74. The fraction of sp³-hybridized carbons (Fsp3) is 0.562. The van der Waals surface area contributed by atoms with E-state index in [1.54, 1.807) is 6.92 Å². The van der Waals surface area contributed by atoms with E-state index in [9.17, 15) is 18.0 Å². The summed E-state index contributed by atoms with van der Waals surface area (Å²) >= 11 is 0. The van der Waals surface area contributed by atoms with Gasteiger partial charge >= 0.3 is 12.1 Å². The zero-order valence-electron chi connectivity index (χ0n) is 13.6. The SMILES string of the molecule is CC(C)C(OC(=O)[C@H](C)N)[C@H](C)Oc1ccc(C(F)(F)F)cc1. The molecule has 0 aliphatic carbocycles. The van der Waals surface area contributed by atoms with Crippen LogP contribution in [0.2, 0.25) is 0 Å². The van der Waals surface area contributed by atoms with Crippen molar-refractivity contribution in [2.24, 2.45) is 11.7 Å². The first kappa shape index (κ1) is 19.3. The van der Waals surface area contributed by atoms with Crippen LogP contribution < -0.4 is 10.5 Å². The number of benzene rings is 1. The molecule has 1 unspecified atom stereocenters. The predicted molar refractivity (Wildman–Crippen MR) is 79.9 cm³/mol. The average Bonchev–Trinajstić information content (AvgIpc) is 2.43. The Bertz CT molecular complexity index is 512. The molecule has 2 N–H and O–H groups in total. The maximum atomic E-state index is 12.5. The van der Waals surface area contributed by atoms with Crippen LogP contribution in [0, 0.1) is 5.92 Å². The van der Waals surface area contributed by atoms with Crippen molar-refractivity contribution in [3.05, 3.63) is 29.8 Å². The van der Waals surface area contributed by atoms with Gasteiger partial charge in [0.2, 0.25) is 0 Å². The Morgan fingerprint density at radius 3 is 2.00 bits per heavy atom. The van der Waals surface area contributed by atoms with Crippen molar-refractivity contribution in [2.45, 2.75) is 52.1 Å². The maximum Gasteiger partial charge on any atom is 0.416 e. The molecule has 23 heavy (non-hydrogen) atoms. The van der Waals surface area contributed by atoms with Gasteiger partial charge in [-0.15, -0.1) is 0 Å². The summed E-state index contributed by atoms with van der Waals surface area (Å²) in [5, 5.41) is 0. The summed E-state index contributed by atoms with van der Waals surface area (Å²) in [6.45, 7) is 6.91. The van der Waals surface area contributed by atoms with E-state index in [0.717, 1.165) is 12.1 Å². The van der Waals surface area contributed by atoms with Crippen molar-refractivity contribution in [3.8, 4) is 5.75 Å². The van der Waals surface area contributed by atoms with Crippen LogP contribution in [0.1, 0.15) is 33.3 Å². The lowest BCUT2D eigenvalue weighted by atomic mass is 10.0. The summed E-state index contributed by atoms with van der Waals surface area (Å²) in [6, 6.07) is 3.61. The molecule has 0 aliphatic heterocycles. The van der Waals surface area contributed by atoms with Gasteiger partial charge in [-0.1, -0.05) is 13.8 Å². The molecule has 1 rings (SSSR count). The molecule has 0 aliphatic rings. The number of carbonyl (C=O) groups is 1. The summed E-state index contributed by atoms with van der Waals surface area (Å²) in [5.41, 5.74) is 4.72. The molecule has 0 spiro atoms. The molecule has 0 radical (unpaired) electrons. The van der Waals surface area contributed by atoms with Gasteiger partial charge in [-0.3, -0.25) is 4.79 Å². The Labute approximate surface area is 133 Å². The second kappa shape index (κ2) is 7.68. The highest BCUT2D eigenvalue weighted by atomic mass is 19.4. The van der Waals surface area contributed by atoms with Gasteiger partial charge in [0.1, 0.15) is 24.0 Å². The van der Waals surface area contributed by atoms with Crippen LogP contribution in [0.5, 0.6) is 5.75 Å². The number of rotatable bonds is 6. The first-order chi connectivity index (χ1) is 10.5. The van der Waals surface area contributed by atoms with Gasteiger partial charge in [-0.05, 0) is 44.0 Å². The largest absolute Gasteiger partial charge is 0.487 e. The van der Waals surface area contributed by atoms with Crippen LogP contribution in [-0.2, 0) is 15.7 Å². The molecular formula is C16H22F3NO3. The Kier molecular flexibility index (Phi) is 6.44. The normalized spacial score (nSPS) is 15.9. The molecule has 0 heterocycles. The Balaban J connectivity index is 2.78. The molecule has 0 bridgehead atoms. The molecule has 0 fully saturated rings. The molecular weight excluding hydrogens is 311 g/mol. The van der Waals surface area contributed by atoms with E-state index >= 15 is 0 Å². The van der Waals surface area contributed by atoms with E-state index < -0.39 is 36.0 Å². The topological polar surface area (TPSA) is 61.5 Å². The maximum absolute atomic E-state index is 12.5. The van der Waals surface area contributed by atoms with E-state index in [1.807, 2.05) is 13.8 Å². The molecule has 0 aromatic heterocycles. The summed E-state index contributed by atoms with van der Waals surface area (Å²) in [7, 11) is 0. The van der Waals surface area contributed by atoms with Crippen molar-refractivity contribution in [2.75, 3.05) is 0 Å². The number of carbonyl (C=O) groups excluding carboxylic acids is 1. The number of alkyl halides is 3. The van der Waals surface area contributed by atoms with Crippen molar-refractivity contribution < 1.29 is 27.4 Å². The minimum Gasteiger partial charge on any atom is -0.487 e. The summed E-state index contributed by atoms with van der Waals surface area (Å²) in [6.07, 6.45) is -5.48. The average molecular weight is 333 g/mol. The molecule has 130 valence electrons. The monoisotopic (exact) mass is 333 g/mol. The third-order valence-corrected chi connectivity index (χ3v) is 3.25. The van der Waals surface area contributed by atoms with Crippen LogP contribution in [0.15, 0.2) is 24.3 Å². The lowest BCUT2D eigenvalue weighted by Gasteiger charge is -2.28. The molecule has 4 nitrogen and oxygen atoms in total. The Hall–Kier alpha value is -1.76. The number of hydrogen-bond donors (Lipinski definition) is 1. The highest BCUT2D eigenvalue weighted by Crippen LogP contribution is 2.30. The van der Waals surface area contributed by atoms with E-state index in [4.69, 9.17) is 15.2 Å². The summed E-state index contributed by atoms with van der Waals surface area (Å²) in [5.74, 6) is -0.318. The van der Waals surface area contributed by atoms with Crippen molar-refractivity contribution >= 4 is 5.97 Å². The van der Waals surface area contributed by atoms with Crippen molar-refractivity contribution in [1.82, 2.24) is 0 Å². The van der Waals surface area contributed by atoms with Crippen LogP contribution in [0.25, 0.3) is 0 Å².